The number of urea groups is 1. The molecule has 0 aromatic carbocycles. The maximum absolute atomic E-state index is 11.9. The molecule has 1 aliphatic heterocycles. The summed E-state index contributed by atoms with van der Waals surface area (Å²) in [7, 11) is 0. The molecule has 5 nitrogen and oxygen atoms in total. The number of nitrogens with one attached hydrogen (secondary N) is 2. The SMILES string of the molecule is Cc1[nH]ncc1CNC(=O)N1CCCC(C)C1. The minimum absolute atomic E-state index is 0.0390. The molecule has 0 saturated carbocycles. The second-order valence-electron chi connectivity index (χ2n) is 4.87. The Morgan fingerprint density at radius 2 is 2.53 bits per heavy atom. The molecule has 0 aliphatic carbocycles. The topological polar surface area (TPSA) is 61.0 Å². The molecule has 1 unspecified atom stereocenters. The quantitative estimate of drug-likeness (QED) is 0.820. The van der Waals surface area contributed by atoms with Crippen LogP contribution in [0, 0.1) is 12.8 Å². The highest BCUT2D eigenvalue weighted by molar-refractivity contribution is 5.74. The van der Waals surface area contributed by atoms with E-state index < -0.39 is 0 Å². The van der Waals surface area contributed by atoms with Crippen LogP contribution < -0.4 is 5.32 Å². The van der Waals surface area contributed by atoms with Gasteiger partial charge < -0.3 is 10.2 Å². The number of likely N-dealkylation sites (tertiary alicyclic amines) is 1. The first kappa shape index (κ1) is 12.0. The first-order valence-electron chi connectivity index (χ1n) is 6.18. The van der Waals surface area contributed by atoms with Gasteiger partial charge in [0, 0.05) is 30.9 Å². The van der Waals surface area contributed by atoms with Crippen molar-refractivity contribution in [3.63, 3.8) is 0 Å². The van der Waals surface area contributed by atoms with Crippen LogP contribution in [0.5, 0.6) is 0 Å². The Kier molecular flexibility index (Phi) is 3.66. The van der Waals surface area contributed by atoms with Crippen molar-refractivity contribution < 1.29 is 4.79 Å². The fraction of sp³-hybridized carbons (Fsp3) is 0.667. The number of rotatable bonds is 2. The normalized spacial score (nSPS) is 20.4. The van der Waals surface area contributed by atoms with Crippen LogP contribution >= 0.6 is 0 Å². The van der Waals surface area contributed by atoms with Gasteiger partial charge in [-0.3, -0.25) is 5.10 Å². The summed E-state index contributed by atoms with van der Waals surface area (Å²) in [6.07, 6.45) is 4.10. The zero-order valence-corrected chi connectivity index (χ0v) is 10.5. The van der Waals surface area contributed by atoms with Crippen LogP contribution in [-0.2, 0) is 6.54 Å². The second kappa shape index (κ2) is 5.21. The van der Waals surface area contributed by atoms with Gasteiger partial charge in [0.15, 0.2) is 0 Å². The van der Waals surface area contributed by atoms with Crippen LogP contribution in [0.3, 0.4) is 0 Å². The Morgan fingerprint density at radius 3 is 3.18 bits per heavy atom. The van der Waals surface area contributed by atoms with Crippen molar-refractivity contribution in [2.24, 2.45) is 5.92 Å². The van der Waals surface area contributed by atoms with E-state index in [1.54, 1.807) is 6.20 Å². The molecule has 2 heterocycles. The predicted molar refractivity (Wildman–Crippen MR) is 65.5 cm³/mol. The van der Waals surface area contributed by atoms with Crippen molar-refractivity contribution >= 4 is 6.03 Å². The van der Waals surface area contributed by atoms with Crippen LogP contribution in [0.2, 0.25) is 0 Å². The van der Waals surface area contributed by atoms with Gasteiger partial charge in [-0.2, -0.15) is 5.10 Å². The van der Waals surface area contributed by atoms with Crippen LogP contribution in [0.25, 0.3) is 0 Å². The summed E-state index contributed by atoms with van der Waals surface area (Å²) >= 11 is 0. The summed E-state index contributed by atoms with van der Waals surface area (Å²) < 4.78 is 0. The fourth-order valence-corrected chi connectivity index (χ4v) is 2.21. The molecule has 2 N–H and O–H groups in total. The minimum Gasteiger partial charge on any atom is -0.334 e. The number of amides is 2. The lowest BCUT2D eigenvalue weighted by atomic mass is 10.0. The number of hydrogen-bond donors (Lipinski definition) is 2. The van der Waals surface area contributed by atoms with Gasteiger partial charge in [-0.25, -0.2) is 4.79 Å². The maximum Gasteiger partial charge on any atom is 0.317 e. The van der Waals surface area contributed by atoms with Crippen molar-refractivity contribution in [1.29, 1.82) is 0 Å². The molecule has 1 saturated heterocycles. The van der Waals surface area contributed by atoms with E-state index in [0.717, 1.165) is 30.8 Å². The van der Waals surface area contributed by atoms with E-state index in [1.807, 2.05) is 11.8 Å². The number of carbonyl (C=O) groups is 1. The number of carbonyl (C=O) groups excluding carboxylic acids is 1. The molecule has 2 rings (SSSR count). The van der Waals surface area contributed by atoms with E-state index in [-0.39, 0.29) is 6.03 Å². The van der Waals surface area contributed by atoms with E-state index in [0.29, 0.717) is 12.5 Å². The Morgan fingerprint density at radius 1 is 1.71 bits per heavy atom. The van der Waals surface area contributed by atoms with Gasteiger partial charge >= 0.3 is 6.03 Å². The number of H-pyrrole nitrogens is 1. The molecule has 0 spiro atoms. The Balaban J connectivity index is 1.83. The molecular weight excluding hydrogens is 216 g/mol. The molecule has 2 amide bonds. The summed E-state index contributed by atoms with van der Waals surface area (Å²) in [5, 5.41) is 9.74. The monoisotopic (exact) mass is 236 g/mol. The highest BCUT2D eigenvalue weighted by Gasteiger charge is 2.20. The largest absolute Gasteiger partial charge is 0.334 e. The van der Waals surface area contributed by atoms with Gasteiger partial charge in [0.2, 0.25) is 0 Å². The van der Waals surface area contributed by atoms with Crippen molar-refractivity contribution in [3.05, 3.63) is 17.5 Å². The molecule has 1 aromatic heterocycles. The molecule has 1 atom stereocenters. The third-order valence-corrected chi connectivity index (χ3v) is 3.31. The summed E-state index contributed by atoms with van der Waals surface area (Å²) in [5.41, 5.74) is 2.06. The molecule has 1 aromatic rings. The average Bonchev–Trinajstić information content (AvgIpc) is 2.72. The lowest BCUT2D eigenvalue weighted by molar-refractivity contribution is 0.169. The summed E-state index contributed by atoms with van der Waals surface area (Å²) in [6, 6.07) is 0.0390. The summed E-state index contributed by atoms with van der Waals surface area (Å²) in [6.45, 7) is 6.44. The van der Waals surface area contributed by atoms with Crippen molar-refractivity contribution in [2.45, 2.75) is 33.2 Å². The lowest BCUT2D eigenvalue weighted by Gasteiger charge is -2.30. The number of piperidine rings is 1. The lowest BCUT2D eigenvalue weighted by Crippen LogP contribution is -2.44. The van der Waals surface area contributed by atoms with Crippen LogP contribution in [0.15, 0.2) is 6.20 Å². The molecule has 94 valence electrons. The summed E-state index contributed by atoms with van der Waals surface area (Å²) in [4.78, 5) is 13.8. The van der Waals surface area contributed by atoms with Gasteiger partial charge in [-0.1, -0.05) is 6.92 Å². The smallest absolute Gasteiger partial charge is 0.317 e. The van der Waals surface area contributed by atoms with E-state index in [1.165, 1.54) is 6.42 Å². The molecule has 17 heavy (non-hydrogen) atoms. The Hall–Kier alpha value is -1.52. The van der Waals surface area contributed by atoms with Crippen molar-refractivity contribution in [1.82, 2.24) is 20.4 Å². The van der Waals surface area contributed by atoms with Crippen LogP contribution in [0.1, 0.15) is 31.0 Å². The van der Waals surface area contributed by atoms with Crippen LogP contribution in [0.4, 0.5) is 4.79 Å². The Bertz CT molecular complexity index is 388. The number of aryl methyl sites for hydroxylation is 1. The van der Waals surface area contributed by atoms with Gasteiger partial charge in [0.05, 0.1) is 6.20 Å². The van der Waals surface area contributed by atoms with E-state index in [2.05, 4.69) is 22.4 Å². The van der Waals surface area contributed by atoms with Crippen molar-refractivity contribution in [3.8, 4) is 0 Å². The van der Waals surface area contributed by atoms with Gasteiger partial charge in [0.1, 0.15) is 0 Å². The van der Waals surface area contributed by atoms with E-state index in [9.17, 15) is 4.79 Å². The van der Waals surface area contributed by atoms with Gasteiger partial charge in [0.25, 0.3) is 0 Å². The van der Waals surface area contributed by atoms with E-state index in [4.69, 9.17) is 0 Å². The highest BCUT2D eigenvalue weighted by atomic mass is 16.2. The first-order chi connectivity index (χ1) is 8.16. The van der Waals surface area contributed by atoms with Crippen molar-refractivity contribution in [2.75, 3.05) is 13.1 Å². The summed E-state index contributed by atoms with van der Waals surface area (Å²) in [5.74, 6) is 0.616. The molecule has 0 radical (unpaired) electrons. The standard InChI is InChI=1S/C12H20N4O/c1-9-4-3-5-16(8-9)12(17)13-6-11-7-14-15-10(11)2/h7,9H,3-6,8H2,1-2H3,(H,13,17)(H,14,15). The minimum atomic E-state index is 0.0390. The maximum atomic E-state index is 11.9. The molecule has 0 bridgehead atoms. The molecule has 5 heteroatoms. The zero-order valence-electron chi connectivity index (χ0n) is 10.5. The first-order valence-corrected chi connectivity index (χ1v) is 6.18. The number of aromatic amines is 1. The molecule has 1 fully saturated rings. The number of nitrogens with zero attached hydrogens (tertiary/aromatic N) is 2. The number of hydrogen-bond acceptors (Lipinski definition) is 2. The zero-order chi connectivity index (χ0) is 12.3. The molecule has 1 aliphatic rings. The highest BCUT2D eigenvalue weighted by Crippen LogP contribution is 2.15. The van der Waals surface area contributed by atoms with Gasteiger partial charge in [-0.05, 0) is 25.7 Å². The van der Waals surface area contributed by atoms with Gasteiger partial charge in [-0.15, -0.1) is 0 Å². The third-order valence-electron chi connectivity index (χ3n) is 3.31. The molecular formula is C12H20N4O. The van der Waals surface area contributed by atoms with Crippen LogP contribution in [-0.4, -0.2) is 34.2 Å². The fourth-order valence-electron chi connectivity index (χ4n) is 2.21. The van der Waals surface area contributed by atoms with E-state index >= 15 is 0 Å². The second-order valence-corrected chi connectivity index (χ2v) is 4.87. The third kappa shape index (κ3) is 2.99. The Labute approximate surface area is 102 Å². The predicted octanol–water partition coefficient (Wildman–Crippen LogP) is 1.66. The number of aromatic nitrogens is 2. The average molecular weight is 236 g/mol.